The lowest BCUT2D eigenvalue weighted by molar-refractivity contribution is -0.131. The number of carbonyl (C=O) groups excluding carboxylic acids is 1. The standard InChI is InChI=1S/C20H25N3O2S/c1-2-9-16-14-17(24)22-20(21-16)26-18(15-10-5-3-6-11-15)19(25)23-12-7-4-8-13-23/h3,5-6,10-11,14,18H,2,4,7-9,12-13H2,1H3,(H,21,22,24). The number of hydrogen-bond acceptors (Lipinski definition) is 4. The molecule has 2 heterocycles. The van der Waals surface area contributed by atoms with Crippen LogP contribution in [0.25, 0.3) is 0 Å². The lowest BCUT2D eigenvalue weighted by Crippen LogP contribution is -2.38. The quantitative estimate of drug-likeness (QED) is 0.623. The molecule has 0 saturated carbocycles. The van der Waals surface area contributed by atoms with Gasteiger partial charge in [-0.05, 0) is 31.2 Å². The first-order chi connectivity index (χ1) is 12.7. The third-order valence-corrected chi connectivity index (χ3v) is 5.63. The molecule has 0 radical (unpaired) electrons. The van der Waals surface area contributed by atoms with E-state index in [1.165, 1.54) is 24.2 Å². The largest absolute Gasteiger partial charge is 0.341 e. The van der Waals surface area contributed by atoms with E-state index in [9.17, 15) is 9.59 Å². The Morgan fingerprint density at radius 3 is 2.65 bits per heavy atom. The van der Waals surface area contributed by atoms with Gasteiger partial charge in [0, 0.05) is 24.8 Å². The third-order valence-electron chi connectivity index (χ3n) is 4.50. The number of benzene rings is 1. The highest BCUT2D eigenvalue weighted by Gasteiger charge is 2.28. The molecular weight excluding hydrogens is 346 g/mol. The average molecular weight is 372 g/mol. The van der Waals surface area contributed by atoms with Gasteiger partial charge in [0.1, 0.15) is 5.25 Å². The molecule has 1 aromatic carbocycles. The Bertz CT molecular complexity index is 785. The summed E-state index contributed by atoms with van der Waals surface area (Å²) in [4.78, 5) is 34.4. The van der Waals surface area contributed by atoms with Gasteiger partial charge in [-0.25, -0.2) is 4.98 Å². The molecule has 138 valence electrons. The number of thioether (sulfide) groups is 1. The van der Waals surface area contributed by atoms with Crippen molar-refractivity contribution in [2.45, 2.75) is 49.4 Å². The van der Waals surface area contributed by atoms with Gasteiger partial charge < -0.3 is 9.88 Å². The molecule has 6 heteroatoms. The molecule has 1 aliphatic rings. The molecule has 1 atom stereocenters. The zero-order chi connectivity index (χ0) is 18.4. The van der Waals surface area contributed by atoms with Crippen molar-refractivity contribution in [2.75, 3.05) is 13.1 Å². The molecule has 0 bridgehead atoms. The zero-order valence-electron chi connectivity index (χ0n) is 15.1. The van der Waals surface area contributed by atoms with Crippen LogP contribution in [0.3, 0.4) is 0 Å². The minimum atomic E-state index is -0.394. The monoisotopic (exact) mass is 371 g/mol. The van der Waals surface area contributed by atoms with Crippen molar-refractivity contribution in [3.8, 4) is 0 Å². The molecule has 0 spiro atoms. The predicted molar refractivity (Wildman–Crippen MR) is 104 cm³/mol. The fourth-order valence-corrected chi connectivity index (χ4v) is 4.30. The Morgan fingerprint density at radius 2 is 1.96 bits per heavy atom. The van der Waals surface area contributed by atoms with E-state index in [4.69, 9.17) is 0 Å². The second-order valence-electron chi connectivity index (χ2n) is 6.59. The number of amides is 1. The smallest absolute Gasteiger partial charge is 0.251 e. The number of aryl methyl sites for hydroxylation is 1. The van der Waals surface area contributed by atoms with Gasteiger partial charge in [0.05, 0.1) is 0 Å². The molecule has 1 fully saturated rings. The van der Waals surface area contributed by atoms with Crippen LogP contribution in [0.2, 0.25) is 0 Å². The lowest BCUT2D eigenvalue weighted by atomic mass is 10.1. The second-order valence-corrected chi connectivity index (χ2v) is 7.68. The first kappa shape index (κ1) is 18.7. The van der Waals surface area contributed by atoms with E-state index in [2.05, 4.69) is 16.9 Å². The molecule has 1 amide bonds. The fraction of sp³-hybridized carbons (Fsp3) is 0.450. The number of rotatable bonds is 6. The summed E-state index contributed by atoms with van der Waals surface area (Å²) in [5.74, 6) is 0.101. The number of H-pyrrole nitrogens is 1. The van der Waals surface area contributed by atoms with Crippen molar-refractivity contribution >= 4 is 17.7 Å². The normalized spacial score (nSPS) is 15.7. The molecule has 3 rings (SSSR count). The number of carbonyl (C=O) groups is 1. The summed E-state index contributed by atoms with van der Waals surface area (Å²) in [6, 6.07) is 11.3. The zero-order valence-corrected chi connectivity index (χ0v) is 15.9. The van der Waals surface area contributed by atoms with Crippen LogP contribution in [0.5, 0.6) is 0 Å². The van der Waals surface area contributed by atoms with Crippen LogP contribution in [0, 0.1) is 0 Å². The summed E-state index contributed by atoms with van der Waals surface area (Å²) in [6.45, 7) is 3.67. The van der Waals surface area contributed by atoms with Crippen LogP contribution in [-0.2, 0) is 11.2 Å². The summed E-state index contributed by atoms with van der Waals surface area (Å²) in [5.41, 5.74) is 1.55. The second kappa shape index (κ2) is 9.03. The van der Waals surface area contributed by atoms with Crippen LogP contribution >= 0.6 is 11.8 Å². The van der Waals surface area contributed by atoms with Gasteiger partial charge in [0.15, 0.2) is 5.16 Å². The number of aromatic amines is 1. The Balaban J connectivity index is 1.89. The SMILES string of the molecule is CCCc1cc(=O)[nH]c(SC(C(=O)N2CCCCC2)c2ccccc2)n1. The van der Waals surface area contributed by atoms with Gasteiger partial charge in [-0.1, -0.05) is 55.4 Å². The number of likely N-dealkylation sites (tertiary alicyclic amines) is 1. The number of aromatic nitrogens is 2. The topological polar surface area (TPSA) is 66.1 Å². The molecule has 2 aromatic rings. The van der Waals surface area contributed by atoms with Crippen molar-refractivity contribution in [3.63, 3.8) is 0 Å². The highest BCUT2D eigenvalue weighted by Crippen LogP contribution is 2.35. The van der Waals surface area contributed by atoms with Gasteiger partial charge >= 0.3 is 0 Å². The Labute approximate surface area is 158 Å². The Morgan fingerprint density at radius 1 is 1.23 bits per heavy atom. The van der Waals surface area contributed by atoms with Gasteiger partial charge in [0.2, 0.25) is 5.91 Å². The maximum Gasteiger partial charge on any atom is 0.251 e. The maximum absolute atomic E-state index is 13.2. The van der Waals surface area contributed by atoms with Gasteiger partial charge in [-0.2, -0.15) is 0 Å². The van der Waals surface area contributed by atoms with Crippen LogP contribution < -0.4 is 5.56 Å². The fourth-order valence-electron chi connectivity index (χ4n) is 3.20. The molecule has 1 saturated heterocycles. The van der Waals surface area contributed by atoms with Crippen molar-refractivity contribution in [3.05, 3.63) is 58.0 Å². The molecule has 1 unspecified atom stereocenters. The number of nitrogens with one attached hydrogen (secondary N) is 1. The summed E-state index contributed by atoms with van der Waals surface area (Å²) >= 11 is 1.34. The average Bonchev–Trinajstić information content (AvgIpc) is 2.67. The Kier molecular flexibility index (Phi) is 6.50. The van der Waals surface area contributed by atoms with Crippen LogP contribution in [-0.4, -0.2) is 33.9 Å². The summed E-state index contributed by atoms with van der Waals surface area (Å²) < 4.78 is 0. The van der Waals surface area contributed by atoms with Crippen LogP contribution in [0.1, 0.15) is 49.1 Å². The van der Waals surface area contributed by atoms with Gasteiger partial charge in [0.25, 0.3) is 5.56 Å². The van der Waals surface area contributed by atoms with Crippen molar-refractivity contribution in [1.29, 1.82) is 0 Å². The molecular formula is C20H25N3O2S. The predicted octanol–water partition coefficient (Wildman–Crippen LogP) is 3.57. The van der Waals surface area contributed by atoms with Gasteiger partial charge in [-0.15, -0.1) is 0 Å². The highest BCUT2D eigenvalue weighted by molar-refractivity contribution is 8.00. The van der Waals surface area contributed by atoms with E-state index < -0.39 is 5.25 Å². The molecule has 1 aliphatic heterocycles. The van der Waals surface area contributed by atoms with Gasteiger partial charge in [-0.3, -0.25) is 9.59 Å². The first-order valence-corrected chi connectivity index (χ1v) is 10.2. The number of nitrogens with zero attached hydrogens (tertiary/aromatic N) is 2. The van der Waals surface area contributed by atoms with E-state index in [0.717, 1.165) is 50.0 Å². The maximum atomic E-state index is 13.2. The summed E-state index contributed by atoms with van der Waals surface area (Å²) in [6.07, 6.45) is 4.97. The van der Waals surface area contributed by atoms with E-state index in [-0.39, 0.29) is 11.5 Å². The van der Waals surface area contributed by atoms with Crippen molar-refractivity contribution < 1.29 is 4.79 Å². The van der Waals surface area contributed by atoms with E-state index in [0.29, 0.717) is 5.16 Å². The highest BCUT2D eigenvalue weighted by atomic mass is 32.2. The summed E-state index contributed by atoms with van der Waals surface area (Å²) in [5, 5.41) is 0.120. The first-order valence-electron chi connectivity index (χ1n) is 9.28. The van der Waals surface area contributed by atoms with Crippen LogP contribution in [0.15, 0.2) is 46.3 Å². The minimum absolute atomic E-state index is 0.101. The van der Waals surface area contributed by atoms with E-state index >= 15 is 0 Å². The number of hydrogen-bond donors (Lipinski definition) is 1. The minimum Gasteiger partial charge on any atom is -0.341 e. The summed E-state index contributed by atoms with van der Waals surface area (Å²) in [7, 11) is 0. The molecule has 1 N–H and O–H groups in total. The third kappa shape index (κ3) is 4.75. The molecule has 1 aromatic heterocycles. The Hall–Kier alpha value is -2.08. The molecule has 0 aliphatic carbocycles. The van der Waals surface area contributed by atoms with Crippen molar-refractivity contribution in [1.82, 2.24) is 14.9 Å². The van der Waals surface area contributed by atoms with Crippen molar-refractivity contribution in [2.24, 2.45) is 0 Å². The van der Waals surface area contributed by atoms with E-state index in [1.807, 2.05) is 35.2 Å². The lowest BCUT2D eigenvalue weighted by Gasteiger charge is -2.30. The number of piperidine rings is 1. The van der Waals surface area contributed by atoms with E-state index in [1.54, 1.807) is 0 Å². The molecule has 26 heavy (non-hydrogen) atoms. The molecule has 5 nitrogen and oxygen atoms in total. The van der Waals surface area contributed by atoms with Crippen LogP contribution in [0.4, 0.5) is 0 Å².